The molecule has 7 heteroatoms. The van der Waals surface area contributed by atoms with Gasteiger partial charge in [0.05, 0.1) is 11.4 Å². The molecule has 2 amide bonds. The summed E-state index contributed by atoms with van der Waals surface area (Å²) in [6.07, 6.45) is 1.65. The fraction of sp³-hybridized carbons (Fsp3) is 0.545. The minimum absolute atomic E-state index is 0.191. The summed E-state index contributed by atoms with van der Waals surface area (Å²) in [5, 5.41) is 18.0. The zero-order chi connectivity index (χ0) is 13.9. The van der Waals surface area contributed by atoms with E-state index in [-0.39, 0.29) is 5.92 Å². The average molecular weight is 254 g/mol. The number of urea groups is 1. The van der Waals surface area contributed by atoms with Crippen molar-refractivity contribution in [2.24, 2.45) is 13.0 Å². The first-order valence-electron chi connectivity index (χ1n) is 5.61. The number of carbonyl (C=O) groups excluding carboxylic acids is 1. The van der Waals surface area contributed by atoms with E-state index in [1.54, 1.807) is 38.7 Å². The molecule has 1 heterocycles. The van der Waals surface area contributed by atoms with Crippen LogP contribution in [0.2, 0.25) is 0 Å². The van der Waals surface area contributed by atoms with E-state index in [2.05, 4.69) is 15.7 Å². The van der Waals surface area contributed by atoms with E-state index in [1.807, 2.05) is 0 Å². The van der Waals surface area contributed by atoms with Gasteiger partial charge in [-0.15, -0.1) is 0 Å². The van der Waals surface area contributed by atoms with Crippen molar-refractivity contribution < 1.29 is 14.7 Å². The molecule has 0 saturated carbocycles. The lowest BCUT2D eigenvalue weighted by Gasteiger charge is -2.17. The predicted molar refractivity (Wildman–Crippen MR) is 66.4 cm³/mol. The summed E-state index contributed by atoms with van der Waals surface area (Å²) >= 11 is 0. The Labute approximate surface area is 105 Å². The predicted octanol–water partition coefficient (Wildman–Crippen LogP) is 0.959. The number of nitrogens with zero attached hydrogens (tertiary/aromatic N) is 2. The van der Waals surface area contributed by atoms with Crippen molar-refractivity contribution in [3.8, 4) is 0 Å². The van der Waals surface area contributed by atoms with E-state index in [9.17, 15) is 9.59 Å². The molecule has 0 fully saturated rings. The van der Waals surface area contributed by atoms with Crippen LogP contribution in [-0.4, -0.2) is 32.9 Å². The fourth-order valence-corrected chi connectivity index (χ4v) is 1.54. The molecule has 100 valence electrons. The highest BCUT2D eigenvalue weighted by molar-refractivity contribution is 5.92. The van der Waals surface area contributed by atoms with Crippen LogP contribution in [0.1, 0.15) is 19.5 Å². The molecule has 3 N–H and O–H groups in total. The summed E-state index contributed by atoms with van der Waals surface area (Å²) in [5.74, 6) is -1.24. The smallest absolute Gasteiger partial charge is 0.326 e. The van der Waals surface area contributed by atoms with Crippen LogP contribution < -0.4 is 10.6 Å². The Bertz CT molecular complexity index is 453. The van der Waals surface area contributed by atoms with Crippen molar-refractivity contribution in [1.29, 1.82) is 0 Å². The minimum Gasteiger partial charge on any atom is -0.480 e. The van der Waals surface area contributed by atoms with Gasteiger partial charge >= 0.3 is 12.0 Å². The van der Waals surface area contributed by atoms with Gasteiger partial charge in [-0.2, -0.15) is 5.10 Å². The summed E-state index contributed by atoms with van der Waals surface area (Å²) in [4.78, 5) is 22.6. The highest BCUT2D eigenvalue weighted by Gasteiger charge is 2.23. The highest BCUT2D eigenvalue weighted by Crippen LogP contribution is 2.11. The first-order chi connectivity index (χ1) is 8.31. The number of carboxylic acid groups (broad SMARTS) is 1. The molecular formula is C11H18N4O3. The first kappa shape index (κ1) is 14.0. The van der Waals surface area contributed by atoms with Gasteiger partial charge in [0, 0.05) is 13.2 Å². The summed E-state index contributed by atoms with van der Waals surface area (Å²) in [6.45, 7) is 5.22. The Kier molecular flexibility index (Phi) is 4.30. The van der Waals surface area contributed by atoms with Crippen molar-refractivity contribution in [3.05, 3.63) is 11.9 Å². The SMILES string of the molecule is Cc1nn(C)cc1NC(=O)NC(C(=O)O)C(C)C. The van der Waals surface area contributed by atoms with Gasteiger partial charge in [0.25, 0.3) is 0 Å². The number of aromatic nitrogens is 2. The lowest BCUT2D eigenvalue weighted by Crippen LogP contribution is -2.46. The molecule has 0 aliphatic heterocycles. The second-order valence-corrected chi connectivity index (χ2v) is 4.46. The Morgan fingerprint density at radius 1 is 1.44 bits per heavy atom. The van der Waals surface area contributed by atoms with E-state index in [4.69, 9.17) is 5.11 Å². The maximum atomic E-state index is 11.7. The van der Waals surface area contributed by atoms with Crippen LogP contribution >= 0.6 is 0 Å². The third-order valence-electron chi connectivity index (χ3n) is 2.48. The molecule has 0 spiro atoms. The van der Waals surface area contributed by atoms with Crippen LogP contribution in [0.25, 0.3) is 0 Å². The van der Waals surface area contributed by atoms with Crippen molar-refractivity contribution >= 4 is 17.7 Å². The number of carbonyl (C=O) groups is 2. The van der Waals surface area contributed by atoms with Gasteiger partial charge in [-0.3, -0.25) is 4.68 Å². The molecule has 0 radical (unpaired) electrons. The van der Waals surface area contributed by atoms with Crippen LogP contribution in [0.15, 0.2) is 6.20 Å². The highest BCUT2D eigenvalue weighted by atomic mass is 16.4. The Morgan fingerprint density at radius 3 is 2.44 bits per heavy atom. The van der Waals surface area contributed by atoms with E-state index in [1.165, 1.54) is 0 Å². The molecule has 0 aliphatic rings. The fourth-order valence-electron chi connectivity index (χ4n) is 1.54. The van der Waals surface area contributed by atoms with Crippen molar-refractivity contribution in [1.82, 2.24) is 15.1 Å². The molecule has 0 aromatic carbocycles. The number of nitrogens with one attached hydrogen (secondary N) is 2. The Balaban J connectivity index is 2.66. The van der Waals surface area contributed by atoms with Crippen molar-refractivity contribution in [2.45, 2.75) is 26.8 Å². The maximum absolute atomic E-state index is 11.7. The lowest BCUT2D eigenvalue weighted by molar-refractivity contribution is -0.140. The summed E-state index contributed by atoms with van der Waals surface area (Å²) in [5.41, 5.74) is 1.23. The third kappa shape index (κ3) is 3.47. The summed E-state index contributed by atoms with van der Waals surface area (Å²) < 4.78 is 1.57. The zero-order valence-electron chi connectivity index (χ0n) is 10.9. The number of hydrogen-bond acceptors (Lipinski definition) is 3. The second kappa shape index (κ2) is 5.52. The minimum atomic E-state index is -1.05. The van der Waals surface area contributed by atoms with Gasteiger partial charge in [0.15, 0.2) is 0 Å². The molecule has 1 aromatic rings. The number of rotatable bonds is 4. The first-order valence-corrected chi connectivity index (χ1v) is 5.61. The molecule has 18 heavy (non-hydrogen) atoms. The van der Waals surface area contributed by atoms with Gasteiger partial charge < -0.3 is 15.7 Å². The topological polar surface area (TPSA) is 96.3 Å². The van der Waals surface area contributed by atoms with Crippen molar-refractivity contribution in [2.75, 3.05) is 5.32 Å². The number of amides is 2. The largest absolute Gasteiger partial charge is 0.480 e. The summed E-state index contributed by atoms with van der Waals surface area (Å²) in [7, 11) is 1.74. The number of aliphatic carboxylic acids is 1. The van der Waals surface area contributed by atoms with E-state index < -0.39 is 18.0 Å². The van der Waals surface area contributed by atoms with Crippen LogP contribution in [0.4, 0.5) is 10.5 Å². The van der Waals surface area contributed by atoms with Crippen LogP contribution in [-0.2, 0) is 11.8 Å². The van der Waals surface area contributed by atoms with Gasteiger partial charge in [0.2, 0.25) is 0 Å². The lowest BCUT2D eigenvalue weighted by atomic mass is 10.1. The second-order valence-electron chi connectivity index (χ2n) is 4.46. The third-order valence-corrected chi connectivity index (χ3v) is 2.48. The molecule has 1 rings (SSSR count). The van der Waals surface area contributed by atoms with Crippen molar-refractivity contribution in [3.63, 3.8) is 0 Å². The van der Waals surface area contributed by atoms with Crippen LogP contribution in [0, 0.1) is 12.8 Å². The molecule has 0 bridgehead atoms. The average Bonchev–Trinajstić information content (AvgIpc) is 2.53. The standard InChI is InChI=1S/C11H18N4O3/c1-6(2)9(10(16)17)13-11(18)12-8-5-15(4)14-7(8)3/h5-6,9H,1-4H3,(H,16,17)(H2,12,13,18). The van der Waals surface area contributed by atoms with Gasteiger partial charge in [-0.1, -0.05) is 13.8 Å². The molecule has 1 aromatic heterocycles. The maximum Gasteiger partial charge on any atom is 0.326 e. The van der Waals surface area contributed by atoms with Gasteiger partial charge in [0.1, 0.15) is 6.04 Å². The molecule has 1 atom stereocenters. The van der Waals surface area contributed by atoms with E-state index >= 15 is 0 Å². The Hall–Kier alpha value is -2.05. The monoisotopic (exact) mass is 254 g/mol. The van der Waals surface area contributed by atoms with Crippen LogP contribution in [0.5, 0.6) is 0 Å². The molecule has 0 aliphatic carbocycles. The normalized spacial score (nSPS) is 12.3. The quantitative estimate of drug-likeness (QED) is 0.745. The molecule has 7 nitrogen and oxygen atoms in total. The summed E-state index contributed by atoms with van der Waals surface area (Å²) in [6, 6.07) is -1.46. The van der Waals surface area contributed by atoms with Crippen LogP contribution in [0.3, 0.4) is 0 Å². The molecule has 1 unspecified atom stereocenters. The van der Waals surface area contributed by atoms with Gasteiger partial charge in [-0.25, -0.2) is 9.59 Å². The van der Waals surface area contributed by atoms with E-state index in [0.29, 0.717) is 11.4 Å². The number of hydrogen-bond donors (Lipinski definition) is 3. The molecule has 0 saturated heterocycles. The Morgan fingerprint density at radius 2 is 2.06 bits per heavy atom. The number of anilines is 1. The zero-order valence-corrected chi connectivity index (χ0v) is 10.9. The van der Waals surface area contributed by atoms with Gasteiger partial charge in [-0.05, 0) is 12.8 Å². The number of carboxylic acids is 1. The van der Waals surface area contributed by atoms with E-state index in [0.717, 1.165) is 0 Å². The number of aryl methyl sites for hydroxylation is 2. The molecular weight excluding hydrogens is 236 g/mol.